The van der Waals surface area contributed by atoms with Crippen LogP contribution in [0.1, 0.15) is 18.1 Å². The molecule has 0 aliphatic heterocycles. The van der Waals surface area contributed by atoms with Gasteiger partial charge in [-0.2, -0.15) is 0 Å². The van der Waals surface area contributed by atoms with Gasteiger partial charge >= 0.3 is 5.97 Å². The fourth-order valence-corrected chi connectivity index (χ4v) is 3.27. The van der Waals surface area contributed by atoms with E-state index in [1.807, 2.05) is 0 Å². The number of rotatable bonds is 9. The first-order valence-electron chi connectivity index (χ1n) is 9.45. The van der Waals surface area contributed by atoms with Crippen LogP contribution in [0.3, 0.4) is 0 Å². The van der Waals surface area contributed by atoms with Gasteiger partial charge in [0.2, 0.25) is 11.8 Å². The van der Waals surface area contributed by atoms with Crippen LogP contribution in [0.4, 0.5) is 4.39 Å². The van der Waals surface area contributed by atoms with Crippen LogP contribution in [-0.4, -0.2) is 44.1 Å². The summed E-state index contributed by atoms with van der Waals surface area (Å²) in [6.45, 7) is 1.28. The second-order valence-corrected chi connectivity index (χ2v) is 7.25. The molecule has 2 atom stereocenters. The highest BCUT2D eigenvalue weighted by molar-refractivity contribution is 6.32. The number of amides is 2. The van der Waals surface area contributed by atoms with Gasteiger partial charge in [-0.1, -0.05) is 29.8 Å². The van der Waals surface area contributed by atoms with E-state index >= 15 is 0 Å². The lowest BCUT2D eigenvalue weighted by atomic mass is 10.0. The summed E-state index contributed by atoms with van der Waals surface area (Å²) in [6.07, 6.45) is 0.236. The highest BCUT2D eigenvalue weighted by atomic mass is 35.5. The number of benzene rings is 2. The van der Waals surface area contributed by atoms with E-state index in [9.17, 15) is 18.8 Å². The van der Waals surface area contributed by atoms with Crippen molar-refractivity contribution in [3.05, 3.63) is 64.4 Å². The Kier molecular flexibility index (Phi) is 8.81. The van der Waals surface area contributed by atoms with E-state index in [4.69, 9.17) is 21.1 Å². The molecule has 7 nitrogen and oxygen atoms in total. The molecule has 166 valence electrons. The Bertz CT molecular complexity index is 936. The maximum Gasteiger partial charge on any atom is 0.328 e. The van der Waals surface area contributed by atoms with Crippen molar-refractivity contribution in [3.63, 3.8) is 0 Å². The lowest BCUT2D eigenvalue weighted by Gasteiger charge is -2.22. The molecule has 2 N–H and O–H groups in total. The van der Waals surface area contributed by atoms with Gasteiger partial charge in [0.05, 0.1) is 19.2 Å². The van der Waals surface area contributed by atoms with Crippen LogP contribution in [0, 0.1) is 5.82 Å². The standard InChI is InChI=1S/C22H24ClFN2O5/c1-13(27)25-18(11-14-4-7-16(24)8-5-14)21(28)26-19(22(29)31-3)12-15-6-9-20(30-2)17(23)10-15/h4-10,18-19H,11-12H2,1-3H3,(H,25,27)(H,26,28)/t18-,19-/m0/s1. The zero-order valence-corrected chi connectivity index (χ0v) is 18.2. The number of halogens is 2. The first-order chi connectivity index (χ1) is 14.7. The number of carbonyl (C=O) groups excluding carboxylic acids is 3. The van der Waals surface area contributed by atoms with E-state index in [2.05, 4.69) is 10.6 Å². The molecule has 9 heteroatoms. The molecule has 0 aromatic heterocycles. The van der Waals surface area contributed by atoms with E-state index in [1.165, 1.54) is 45.4 Å². The van der Waals surface area contributed by atoms with Gasteiger partial charge in [0, 0.05) is 19.8 Å². The molecule has 31 heavy (non-hydrogen) atoms. The molecule has 2 rings (SSSR count). The van der Waals surface area contributed by atoms with Crippen molar-refractivity contribution in [2.75, 3.05) is 14.2 Å². The summed E-state index contributed by atoms with van der Waals surface area (Å²) in [4.78, 5) is 36.8. The van der Waals surface area contributed by atoms with E-state index in [-0.39, 0.29) is 12.8 Å². The molecule has 0 saturated heterocycles. The number of hydrogen-bond acceptors (Lipinski definition) is 5. The average Bonchev–Trinajstić information content (AvgIpc) is 2.73. The number of nitrogens with one attached hydrogen (secondary N) is 2. The summed E-state index contributed by atoms with van der Waals surface area (Å²) in [6, 6.07) is 8.61. The van der Waals surface area contributed by atoms with Gasteiger partial charge in [-0.15, -0.1) is 0 Å². The molecular weight excluding hydrogens is 427 g/mol. The molecule has 2 amide bonds. The number of esters is 1. The summed E-state index contributed by atoms with van der Waals surface area (Å²) < 4.78 is 23.1. The molecule has 0 aliphatic rings. The molecule has 0 aliphatic carbocycles. The van der Waals surface area contributed by atoms with Gasteiger partial charge in [-0.25, -0.2) is 9.18 Å². The van der Waals surface area contributed by atoms with Crippen molar-refractivity contribution in [2.24, 2.45) is 0 Å². The molecule has 0 heterocycles. The highest BCUT2D eigenvalue weighted by Gasteiger charge is 2.27. The largest absolute Gasteiger partial charge is 0.495 e. The van der Waals surface area contributed by atoms with Crippen molar-refractivity contribution < 1.29 is 28.2 Å². The summed E-state index contributed by atoms with van der Waals surface area (Å²) in [5.41, 5.74) is 1.32. The highest BCUT2D eigenvalue weighted by Crippen LogP contribution is 2.25. The van der Waals surface area contributed by atoms with Crippen LogP contribution in [0.15, 0.2) is 42.5 Å². The normalized spacial score (nSPS) is 12.4. The van der Waals surface area contributed by atoms with Crippen molar-refractivity contribution in [1.29, 1.82) is 0 Å². The van der Waals surface area contributed by atoms with Gasteiger partial charge in [0.25, 0.3) is 0 Å². The molecule has 2 aromatic carbocycles. The van der Waals surface area contributed by atoms with Crippen molar-refractivity contribution in [1.82, 2.24) is 10.6 Å². The predicted molar refractivity (Wildman–Crippen MR) is 113 cm³/mol. The number of ether oxygens (including phenoxy) is 2. The minimum absolute atomic E-state index is 0.117. The lowest BCUT2D eigenvalue weighted by Crippen LogP contribution is -2.53. The van der Waals surface area contributed by atoms with Gasteiger partial charge in [-0.05, 0) is 35.4 Å². The maximum atomic E-state index is 13.2. The molecule has 0 bridgehead atoms. The summed E-state index contributed by atoms with van der Waals surface area (Å²) in [7, 11) is 2.70. The third-order valence-electron chi connectivity index (χ3n) is 4.51. The Balaban J connectivity index is 2.18. The first kappa shape index (κ1) is 24.1. The third-order valence-corrected chi connectivity index (χ3v) is 4.80. The molecule has 2 aromatic rings. The van der Waals surface area contributed by atoms with E-state index in [0.717, 1.165) is 0 Å². The van der Waals surface area contributed by atoms with Crippen LogP contribution in [0.25, 0.3) is 0 Å². The Morgan fingerprint density at radius 3 is 2.13 bits per heavy atom. The lowest BCUT2D eigenvalue weighted by molar-refractivity contribution is -0.145. The Morgan fingerprint density at radius 2 is 1.58 bits per heavy atom. The van der Waals surface area contributed by atoms with Crippen molar-refractivity contribution >= 4 is 29.4 Å². The maximum absolute atomic E-state index is 13.2. The summed E-state index contributed by atoms with van der Waals surface area (Å²) in [5, 5.41) is 5.55. The molecule has 0 fully saturated rings. The average molecular weight is 451 g/mol. The number of methoxy groups -OCH3 is 2. The minimum atomic E-state index is -1.01. The van der Waals surface area contributed by atoms with Gasteiger partial charge in [-0.3, -0.25) is 9.59 Å². The topological polar surface area (TPSA) is 93.7 Å². The minimum Gasteiger partial charge on any atom is -0.495 e. The SMILES string of the molecule is COC(=O)[C@H](Cc1ccc(OC)c(Cl)c1)NC(=O)[C@H](Cc1ccc(F)cc1)NC(C)=O. The van der Waals surface area contributed by atoms with Gasteiger partial charge in [0.1, 0.15) is 23.7 Å². The van der Waals surface area contributed by atoms with Gasteiger partial charge < -0.3 is 20.1 Å². The summed E-state index contributed by atoms with van der Waals surface area (Å²) >= 11 is 6.14. The van der Waals surface area contributed by atoms with Crippen molar-refractivity contribution in [3.8, 4) is 5.75 Å². The van der Waals surface area contributed by atoms with Crippen LogP contribution in [0.5, 0.6) is 5.75 Å². The van der Waals surface area contributed by atoms with Crippen molar-refractivity contribution in [2.45, 2.75) is 31.8 Å². The molecule has 0 radical (unpaired) electrons. The Hall–Kier alpha value is -3.13. The van der Waals surface area contributed by atoms with Crippen LogP contribution < -0.4 is 15.4 Å². The fourth-order valence-electron chi connectivity index (χ4n) is 2.99. The molecule has 0 unspecified atom stereocenters. The van der Waals surface area contributed by atoms with E-state index < -0.39 is 35.7 Å². The van der Waals surface area contributed by atoms with Crippen LogP contribution >= 0.6 is 11.6 Å². The Labute approximate surface area is 184 Å². The first-order valence-corrected chi connectivity index (χ1v) is 9.83. The third kappa shape index (κ3) is 7.25. The summed E-state index contributed by atoms with van der Waals surface area (Å²) in [5.74, 6) is -1.57. The zero-order chi connectivity index (χ0) is 23.0. The van der Waals surface area contributed by atoms with Gasteiger partial charge in [0.15, 0.2) is 0 Å². The van der Waals surface area contributed by atoms with Crippen LogP contribution in [0.2, 0.25) is 5.02 Å². The van der Waals surface area contributed by atoms with E-state index in [0.29, 0.717) is 21.9 Å². The second kappa shape index (κ2) is 11.3. The van der Waals surface area contributed by atoms with Crippen LogP contribution in [-0.2, 0) is 32.0 Å². The molecular formula is C22H24ClFN2O5. The predicted octanol–water partition coefficient (Wildman–Crippen LogP) is 2.44. The zero-order valence-electron chi connectivity index (χ0n) is 17.4. The monoisotopic (exact) mass is 450 g/mol. The number of hydrogen-bond donors (Lipinski definition) is 2. The number of carbonyl (C=O) groups is 3. The van der Waals surface area contributed by atoms with E-state index in [1.54, 1.807) is 18.2 Å². The smallest absolute Gasteiger partial charge is 0.328 e. The fraction of sp³-hybridized carbons (Fsp3) is 0.318. The molecule has 0 saturated carbocycles. The quantitative estimate of drug-likeness (QED) is 0.572. The Morgan fingerprint density at radius 1 is 0.968 bits per heavy atom. The second-order valence-electron chi connectivity index (χ2n) is 6.84. The molecule has 0 spiro atoms.